The number of hydrogen-bond acceptors (Lipinski definition) is 4. The zero-order valence-corrected chi connectivity index (χ0v) is 11.4. The smallest absolute Gasteiger partial charge is 0.433 e. The van der Waals surface area contributed by atoms with E-state index in [9.17, 15) is 14.5 Å². The van der Waals surface area contributed by atoms with Crippen molar-refractivity contribution in [3.05, 3.63) is 57.6 Å². The average Bonchev–Trinajstić information content (AvgIpc) is 2.87. The summed E-state index contributed by atoms with van der Waals surface area (Å²) in [4.78, 5) is 9.43. The maximum Gasteiger partial charge on any atom is 0.433 e. The largest absolute Gasteiger partial charge is 0.494 e. The molecule has 0 aliphatic heterocycles. The zero-order valence-electron chi connectivity index (χ0n) is 9.80. The molecule has 19 heavy (non-hydrogen) atoms. The van der Waals surface area contributed by atoms with Crippen LogP contribution in [-0.4, -0.2) is 12.0 Å². The summed E-state index contributed by atoms with van der Waals surface area (Å²) in [6, 6.07) is 7.14. The van der Waals surface area contributed by atoms with Gasteiger partial charge in [-0.25, -0.2) is 4.39 Å². The van der Waals surface area contributed by atoms with Crippen LogP contribution in [0.4, 0.5) is 10.3 Å². The molecule has 0 saturated heterocycles. The van der Waals surface area contributed by atoms with Crippen LogP contribution in [0.25, 0.3) is 0 Å². The van der Waals surface area contributed by atoms with Crippen LogP contribution in [-0.2, 0) is 0 Å². The molecule has 0 fully saturated rings. The summed E-state index contributed by atoms with van der Waals surface area (Å²) in [5.74, 6) is -0.399. The number of alkyl halides is 1. The molecule has 100 valence electrons. The number of nitrogens with zero attached hydrogens (tertiary/aromatic N) is 1. The standard InChI is InChI=1S/C12H9BrFNO4/c1-18-9-3-2-7(6-8(9)14)12(13)10-4-5-11(19-10)15(16)17/h2-6,12H,1H3. The number of nitro groups is 1. The van der Waals surface area contributed by atoms with E-state index in [1.807, 2.05) is 0 Å². The maximum absolute atomic E-state index is 13.6. The predicted octanol–water partition coefficient (Wildman–Crippen LogP) is 3.82. The summed E-state index contributed by atoms with van der Waals surface area (Å²) >= 11 is 3.31. The maximum atomic E-state index is 13.6. The molecule has 2 rings (SSSR count). The molecular formula is C12H9BrFNO4. The molecule has 0 aliphatic rings. The molecule has 0 spiro atoms. The van der Waals surface area contributed by atoms with Gasteiger partial charge in [0.05, 0.1) is 18.0 Å². The Morgan fingerprint density at radius 3 is 2.68 bits per heavy atom. The second-order valence-electron chi connectivity index (χ2n) is 3.69. The van der Waals surface area contributed by atoms with Gasteiger partial charge in [-0.1, -0.05) is 22.0 Å². The fraction of sp³-hybridized carbons (Fsp3) is 0.167. The van der Waals surface area contributed by atoms with Gasteiger partial charge in [-0.15, -0.1) is 0 Å². The second kappa shape index (κ2) is 5.40. The highest BCUT2D eigenvalue weighted by molar-refractivity contribution is 9.09. The molecule has 1 aromatic carbocycles. The Bertz CT molecular complexity index is 614. The monoisotopic (exact) mass is 329 g/mol. The lowest BCUT2D eigenvalue weighted by molar-refractivity contribution is -0.402. The number of hydrogen-bond donors (Lipinski definition) is 0. The van der Waals surface area contributed by atoms with Crippen LogP contribution in [0.5, 0.6) is 5.75 Å². The van der Waals surface area contributed by atoms with Gasteiger partial charge in [0, 0.05) is 0 Å². The first-order valence-electron chi connectivity index (χ1n) is 5.24. The molecule has 1 heterocycles. The Morgan fingerprint density at radius 2 is 2.16 bits per heavy atom. The fourth-order valence-corrected chi connectivity index (χ4v) is 2.11. The molecule has 2 aromatic rings. The van der Waals surface area contributed by atoms with E-state index < -0.39 is 15.6 Å². The summed E-state index contributed by atoms with van der Waals surface area (Å²) in [6.45, 7) is 0. The number of furan rings is 1. The lowest BCUT2D eigenvalue weighted by Gasteiger charge is -2.08. The Balaban J connectivity index is 2.30. The van der Waals surface area contributed by atoms with Crippen molar-refractivity contribution in [1.82, 2.24) is 0 Å². The van der Waals surface area contributed by atoms with E-state index in [0.717, 1.165) is 0 Å². The third-order valence-corrected chi connectivity index (χ3v) is 3.49. The first-order chi connectivity index (χ1) is 9.02. The minimum absolute atomic E-state index is 0.133. The van der Waals surface area contributed by atoms with Gasteiger partial charge in [-0.05, 0) is 23.8 Å². The quantitative estimate of drug-likeness (QED) is 0.486. The molecule has 1 atom stereocenters. The first kappa shape index (κ1) is 13.5. The molecule has 1 aromatic heterocycles. The minimum Gasteiger partial charge on any atom is -0.494 e. The van der Waals surface area contributed by atoms with Crippen molar-refractivity contribution < 1.29 is 18.5 Å². The summed E-state index contributed by atoms with van der Waals surface area (Å²) in [5, 5.41) is 10.5. The summed E-state index contributed by atoms with van der Waals surface area (Å²) in [5.41, 5.74) is 0.572. The van der Waals surface area contributed by atoms with E-state index in [2.05, 4.69) is 15.9 Å². The van der Waals surface area contributed by atoms with E-state index >= 15 is 0 Å². The number of benzene rings is 1. The Labute approximate surface area is 116 Å². The Hall–Kier alpha value is -1.89. The zero-order chi connectivity index (χ0) is 14.0. The molecule has 0 aliphatic carbocycles. The van der Waals surface area contributed by atoms with Crippen molar-refractivity contribution in [1.29, 1.82) is 0 Å². The summed E-state index contributed by atoms with van der Waals surface area (Å²) < 4.78 is 23.5. The SMILES string of the molecule is COc1ccc(C(Br)c2ccc([N+](=O)[O-])o2)cc1F. The van der Waals surface area contributed by atoms with E-state index in [1.54, 1.807) is 6.07 Å². The molecule has 5 nitrogen and oxygen atoms in total. The fourth-order valence-electron chi connectivity index (χ4n) is 1.58. The van der Waals surface area contributed by atoms with Crippen LogP contribution >= 0.6 is 15.9 Å². The van der Waals surface area contributed by atoms with Crippen LogP contribution in [0.1, 0.15) is 16.2 Å². The van der Waals surface area contributed by atoms with Crippen LogP contribution < -0.4 is 4.74 Å². The van der Waals surface area contributed by atoms with Gasteiger partial charge in [0.25, 0.3) is 0 Å². The van der Waals surface area contributed by atoms with Crippen molar-refractivity contribution in [2.75, 3.05) is 7.11 Å². The number of methoxy groups -OCH3 is 1. The van der Waals surface area contributed by atoms with Crippen LogP contribution in [0.2, 0.25) is 0 Å². The Morgan fingerprint density at radius 1 is 1.42 bits per heavy atom. The van der Waals surface area contributed by atoms with E-state index in [1.165, 1.54) is 31.4 Å². The van der Waals surface area contributed by atoms with Crippen molar-refractivity contribution in [3.8, 4) is 5.75 Å². The summed E-state index contributed by atoms with van der Waals surface area (Å²) in [7, 11) is 1.37. The number of rotatable bonds is 4. The molecular weight excluding hydrogens is 321 g/mol. The topological polar surface area (TPSA) is 65.5 Å². The van der Waals surface area contributed by atoms with Crippen molar-refractivity contribution in [2.45, 2.75) is 4.83 Å². The van der Waals surface area contributed by atoms with Gasteiger partial charge < -0.3 is 9.15 Å². The van der Waals surface area contributed by atoms with Gasteiger partial charge in [0.1, 0.15) is 10.7 Å². The third kappa shape index (κ3) is 2.76. The molecule has 0 saturated carbocycles. The van der Waals surface area contributed by atoms with Gasteiger partial charge in [0.15, 0.2) is 11.6 Å². The minimum atomic E-state index is -0.627. The molecule has 0 amide bonds. The van der Waals surface area contributed by atoms with Gasteiger partial charge in [-0.2, -0.15) is 0 Å². The van der Waals surface area contributed by atoms with Crippen LogP contribution in [0.3, 0.4) is 0 Å². The van der Waals surface area contributed by atoms with E-state index in [0.29, 0.717) is 11.3 Å². The van der Waals surface area contributed by atoms with Crippen molar-refractivity contribution >= 4 is 21.8 Å². The highest BCUT2D eigenvalue weighted by atomic mass is 79.9. The molecule has 7 heteroatoms. The van der Waals surface area contributed by atoms with Crippen molar-refractivity contribution in [2.24, 2.45) is 0 Å². The highest BCUT2D eigenvalue weighted by Gasteiger charge is 2.20. The average molecular weight is 330 g/mol. The van der Waals surface area contributed by atoms with E-state index in [4.69, 9.17) is 9.15 Å². The van der Waals surface area contributed by atoms with Gasteiger partial charge in [-0.3, -0.25) is 10.1 Å². The van der Waals surface area contributed by atoms with Crippen LogP contribution in [0, 0.1) is 15.9 Å². The first-order valence-corrected chi connectivity index (χ1v) is 6.16. The predicted molar refractivity (Wildman–Crippen MR) is 69.1 cm³/mol. The highest BCUT2D eigenvalue weighted by Crippen LogP contribution is 2.35. The molecule has 1 unspecified atom stereocenters. The second-order valence-corrected chi connectivity index (χ2v) is 4.61. The molecule has 0 radical (unpaired) electrons. The molecule has 0 bridgehead atoms. The third-order valence-electron chi connectivity index (χ3n) is 2.51. The van der Waals surface area contributed by atoms with Crippen molar-refractivity contribution in [3.63, 3.8) is 0 Å². The van der Waals surface area contributed by atoms with Gasteiger partial charge >= 0.3 is 5.88 Å². The summed E-state index contributed by atoms with van der Waals surface area (Å²) in [6.07, 6.45) is 0. The lowest BCUT2D eigenvalue weighted by Crippen LogP contribution is -1.94. The van der Waals surface area contributed by atoms with Gasteiger partial charge in [0.2, 0.25) is 0 Å². The number of halogens is 2. The van der Waals surface area contributed by atoms with E-state index in [-0.39, 0.29) is 11.6 Å². The lowest BCUT2D eigenvalue weighted by atomic mass is 10.1. The van der Waals surface area contributed by atoms with Crippen LogP contribution in [0.15, 0.2) is 34.7 Å². The molecule has 0 N–H and O–H groups in total. The Kier molecular flexibility index (Phi) is 3.84. The normalized spacial score (nSPS) is 12.2. The number of ether oxygens (including phenoxy) is 1.